The summed E-state index contributed by atoms with van der Waals surface area (Å²) in [7, 11) is 0. The van der Waals surface area contributed by atoms with Crippen molar-refractivity contribution in [1.82, 2.24) is 0 Å². The summed E-state index contributed by atoms with van der Waals surface area (Å²) >= 11 is 0. The van der Waals surface area contributed by atoms with Crippen LogP contribution in [-0.2, 0) is 0 Å². The van der Waals surface area contributed by atoms with Crippen LogP contribution in [0.3, 0.4) is 0 Å². The highest BCUT2D eigenvalue weighted by molar-refractivity contribution is 5.01. The Morgan fingerprint density at radius 2 is 1.33 bits per heavy atom. The van der Waals surface area contributed by atoms with Gasteiger partial charge in [-0.2, -0.15) is 0 Å². The van der Waals surface area contributed by atoms with Crippen LogP contribution in [-0.4, -0.2) is 6.67 Å². The molecule has 0 spiro atoms. The molecule has 4 bridgehead atoms. The predicted molar refractivity (Wildman–Crippen MR) is 46.6 cm³/mol. The van der Waals surface area contributed by atoms with Gasteiger partial charge in [-0.25, -0.2) is 0 Å². The second-order valence-corrected chi connectivity index (χ2v) is 5.55. The Hall–Kier alpha value is -0.0700. The fourth-order valence-corrected chi connectivity index (χ4v) is 4.45. The molecule has 0 atom stereocenters. The first-order valence-electron chi connectivity index (χ1n) is 5.36. The predicted octanol–water partition coefficient (Wildman–Crippen LogP) is 3.17. The normalized spacial score (nSPS) is 56.2. The van der Waals surface area contributed by atoms with Gasteiger partial charge in [0.1, 0.15) is 0 Å². The van der Waals surface area contributed by atoms with Crippen LogP contribution in [0, 0.1) is 23.2 Å². The van der Waals surface area contributed by atoms with Gasteiger partial charge in [-0.1, -0.05) is 0 Å². The summed E-state index contributed by atoms with van der Waals surface area (Å²) in [6.07, 6.45) is 7.94. The van der Waals surface area contributed by atoms with Gasteiger partial charge in [0.25, 0.3) is 0 Å². The minimum Gasteiger partial charge on any atom is -0.250 e. The van der Waals surface area contributed by atoms with Crippen molar-refractivity contribution in [3.8, 4) is 0 Å². The minimum atomic E-state index is -0.0312. The first-order chi connectivity index (χ1) is 5.80. The highest BCUT2D eigenvalue weighted by Crippen LogP contribution is 2.59. The third kappa shape index (κ3) is 0.884. The third-order valence-corrected chi connectivity index (χ3v) is 4.45. The molecule has 4 aliphatic rings. The molecular formula is C11H17F. The molecule has 0 radical (unpaired) electrons. The Morgan fingerprint density at radius 1 is 0.917 bits per heavy atom. The molecule has 0 heterocycles. The summed E-state index contributed by atoms with van der Waals surface area (Å²) in [5.41, 5.74) is 0.175. The van der Waals surface area contributed by atoms with Gasteiger partial charge in [-0.15, -0.1) is 0 Å². The highest BCUT2D eigenvalue weighted by atomic mass is 19.1. The van der Waals surface area contributed by atoms with Crippen molar-refractivity contribution in [1.29, 1.82) is 0 Å². The largest absolute Gasteiger partial charge is 0.250 e. The lowest BCUT2D eigenvalue weighted by atomic mass is 9.50. The Labute approximate surface area is 73.5 Å². The molecule has 0 amide bonds. The van der Waals surface area contributed by atoms with E-state index in [1.54, 1.807) is 0 Å². The number of rotatable bonds is 1. The summed E-state index contributed by atoms with van der Waals surface area (Å²) in [5, 5.41) is 0. The molecule has 0 N–H and O–H groups in total. The maximum absolute atomic E-state index is 12.9. The molecule has 0 aromatic rings. The molecule has 68 valence electrons. The summed E-state index contributed by atoms with van der Waals surface area (Å²) in [5.74, 6) is 2.73. The molecule has 4 saturated carbocycles. The molecule has 0 saturated heterocycles. The summed E-state index contributed by atoms with van der Waals surface area (Å²) in [6.45, 7) is -0.0312. The van der Waals surface area contributed by atoms with Crippen LogP contribution in [0.5, 0.6) is 0 Å². The van der Waals surface area contributed by atoms with Gasteiger partial charge in [0, 0.05) is 0 Å². The maximum atomic E-state index is 12.9. The van der Waals surface area contributed by atoms with Gasteiger partial charge in [0.15, 0.2) is 0 Å². The fraction of sp³-hybridized carbons (Fsp3) is 1.00. The second kappa shape index (κ2) is 2.24. The molecule has 0 aromatic carbocycles. The van der Waals surface area contributed by atoms with Crippen molar-refractivity contribution in [2.45, 2.75) is 38.5 Å². The smallest absolute Gasteiger partial charge is 0.0950 e. The fourth-order valence-electron chi connectivity index (χ4n) is 4.45. The SMILES string of the molecule is FCC12CC3CC(CC(C3)C1)C2. The standard InChI is InChI=1S/C11H17F/c12-7-11-4-8-1-9(5-11)3-10(2-8)6-11/h8-10H,1-7H2. The van der Waals surface area contributed by atoms with E-state index in [9.17, 15) is 4.39 Å². The summed E-state index contributed by atoms with van der Waals surface area (Å²) in [6, 6.07) is 0. The van der Waals surface area contributed by atoms with Crippen LogP contribution in [0.15, 0.2) is 0 Å². The van der Waals surface area contributed by atoms with E-state index in [1.807, 2.05) is 0 Å². The molecular weight excluding hydrogens is 151 g/mol. The van der Waals surface area contributed by atoms with Gasteiger partial charge >= 0.3 is 0 Å². The van der Waals surface area contributed by atoms with Crippen LogP contribution in [0.25, 0.3) is 0 Å². The zero-order valence-corrected chi connectivity index (χ0v) is 7.56. The van der Waals surface area contributed by atoms with Gasteiger partial charge in [-0.3, -0.25) is 4.39 Å². The van der Waals surface area contributed by atoms with E-state index in [4.69, 9.17) is 0 Å². The average Bonchev–Trinajstić information content (AvgIpc) is 2.02. The lowest BCUT2D eigenvalue weighted by Gasteiger charge is -2.55. The number of alkyl halides is 1. The quantitative estimate of drug-likeness (QED) is 0.564. The monoisotopic (exact) mass is 168 g/mol. The summed E-state index contributed by atoms with van der Waals surface area (Å²) < 4.78 is 12.9. The van der Waals surface area contributed by atoms with Crippen molar-refractivity contribution >= 4 is 0 Å². The Balaban J connectivity index is 1.90. The van der Waals surface area contributed by atoms with Gasteiger partial charge < -0.3 is 0 Å². The molecule has 0 aliphatic heterocycles. The number of hydrogen-bond donors (Lipinski definition) is 0. The van der Waals surface area contributed by atoms with Crippen molar-refractivity contribution in [3.05, 3.63) is 0 Å². The van der Waals surface area contributed by atoms with Crippen molar-refractivity contribution < 1.29 is 4.39 Å². The van der Waals surface area contributed by atoms with Crippen molar-refractivity contribution in [2.75, 3.05) is 6.67 Å². The zero-order chi connectivity index (χ0) is 8.18. The van der Waals surface area contributed by atoms with Gasteiger partial charge in [0.2, 0.25) is 0 Å². The molecule has 4 rings (SSSR count). The van der Waals surface area contributed by atoms with E-state index in [2.05, 4.69) is 0 Å². The van der Waals surface area contributed by atoms with E-state index in [-0.39, 0.29) is 12.1 Å². The lowest BCUT2D eigenvalue weighted by molar-refractivity contribution is -0.0643. The average molecular weight is 168 g/mol. The second-order valence-electron chi connectivity index (χ2n) is 5.55. The molecule has 4 aliphatic carbocycles. The van der Waals surface area contributed by atoms with E-state index in [1.165, 1.54) is 38.5 Å². The zero-order valence-electron chi connectivity index (χ0n) is 7.56. The van der Waals surface area contributed by atoms with Gasteiger partial charge in [0.05, 0.1) is 6.67 Å². The third-order valence-electron chi connectivity index (χ3n) is 4.45. The number of hydrogen-bond acceptors (Lipinski definition) is 0. The molecule has 0 nitrogen and oxygen atoms in total. The molecule has 4 fully saturated rings. The number of halogens is 1. The van der Waals surface area contributed by atoms with E-state index in [0.29, 0.717) is 0 Å². The van der Waals surface area contributed by atoms with E-state index >= 15 is 0 Å². The molecule has 0 aromatic heterocycles. The minimum absolute atomic E-state index is 0.0312. The van der Waals surface area contributed by atoms with Crippen LogP contribution in [0.1, 0.15) is 38.5 Å². The van der Waals surface area contributed by atoms with Gasteiger partial charge in [-0.05, 0) is 61.7 Å². The van der Waals surface area contributed by atoms with Crippen molar-refractivity contribution in [3.63, 3.8) is 0 Å². The van der Waals surface area contributed by atoms with Crippen LogP contribution in [0.2, 0.25) is 0 Å². The molecule has 12 heavy (non-hydrogen) atoms. The topological polar surface area (TPSA) is 0 Å². The van der Waals surface area contributed by atoms with E-state index in [0.717, 1.165) is 17.8 Å². The lowest BCUT2D eigenvalue weighted by Crippen LogP contribution is -2.47. The Morgan fingerprint density at radius 3 is 1.67 bits per heavy atom. The summed E-state index contributed by atoms with van der Waals surface area (Å²) in [4.78, 5) is 0. The first-order valence-corrected chi connectivity index (χ1v) is 5.36. The first kappa shape index (κ1) is 7.34. The van der Waals surface area contributed by atoms with Crippen LogP contribution in [0.4, 0.5) is 4.39 Å². The van der Waals surface area contributed by atoms with Crippen LogP contribution < -0.4 is 0 Å². The Kier molecular flexibility index (Phi) is 1.37. The molecule has 0 unspecified atom stereocenters. The highest BCUT2D eigenvalue weighted by Gasteiger charge is 2.50. The maximum Gasteiger partial charge on any atom is 0.0950 e. The van der Waals surface area contributed by atoms with E-state index < -0.39 is 0 Å². The molecule has 1 heteroatoms. The Bertz CT molecular complexity index is 162. The van der Waals surface area contributed by atoms with Crippen molar-refractivity contribution in [2.24, 2.45) is 23.2 Å². The van der Waals surface area contributed by atoms with Crippen LogP contribution >= 0.6 is 0 Å².